The molecule has 0 amide bonds. The first-order valence-electron chi connectivity index (χ1n) is 8.33. The number of carboxylic acids is 1. The quantitative estimate of drug-likeness (QED) is 0.406. The SMILES string of the molecule is Nc1c(C(=O)O)sc2nccc(Nc3c(F)cc(Oc4ccccc4)cc3F)c12. The van der Waals surface area contributed by atoms with Crippen molar-refractivity contribution in [3.63, 3.8) is 0 Å². The van der Waals surface area contributed by atoms with Gasteiger partial charge in [0, 0.05) is 18.3 Å². The second-order valence-electron chi connectivity index (χ2n) is 5.99. The molecule has 0 radical (unpaired) electrons. The van der Waals surface area contributed by atoms with Crippen LogP contribution in [-0.2, 0) is 0 Å². The number of benzene rings is 2. The molecular weight excluding hydrogens is 400 g/mol. The lowest BCUT2D eigenvalue weighted by atomic mass is 10.2. The fourth-order valence-corrected chi connectivity index (χ4v) is 3.72. The van der Waals surface area contributed by atoms with Crippen LogP contribution in [-0.4, -0.2) is 16.1 Å². The normalized spacial score (nSPS) is 10.8. The fourth-order valence-electron chi connectivity index (χ4n) is 2.80. The van der Waals surface area contributed by atoms with Gasteiger partial charge in [0.25, 0.3) is 0 Å². The van der Waals surface area contributed by atoms with Crippen molar-refractivity contribution in [2.45, 2.75) is 0 Å². The van der Waals surface area contributed by atoms with E-state index >= 15 is 0 Å². The average Bonchev–Trinajstić information content (AvgIpc) is 3.03. The van der Waals surface area contributed by atoms with E-state index in [1.54, 1.807) is 30.3 Å². The predicted octanol–water partition coefficient (Wildman–Crippen LogP) is 5.39. The number of nitrogens with one attached hydrogen (secondary N) is 1. The van der Waals surface area contributed by atoms with Crippen molar-refractivity contribution in [1.82, 2.24) is 4.98 Å². The van der Waals surface area contributed by atoms with Gasteiger partial charge in [0.15, 0.2) is 11.6 Å². The largest absolute Gasteiger partial charge is 0.477 e. The molecule has 6 nitrogen and oxygen atoms in total. The molecule has 146 valence electrons. The third-order valence-electron chi connectivity index (χ3n) is 4.08. The Morgan fingerprint density at radius 3 is 2.45 bits per heavy atom. The number of aromatic nitrogens is 1. The molecule has 4 N–H and O–H groups in total. The third kappa shape index (κ3) is 3.55. The number of carboxylic acid groups (broad SMARTS) is 1. The summed E-state index contributed by atoms with van der Waals surface area (Å²) >= 11 is 0.886. The molecule has 0 saturated heterocycles. The molecule has 0 unspecified atom stereocenters. The Balaban J connectivity index is 1.71. The highest BCUT2D eigenvalue weighted by Crippen LogP contribution is 2.39. The van der Waals surface area contributed by atoms with Crippen LogP contribution in [0.25, 0.3) is 10.2 Å². The van der Waals surface area contributed by atoms with Gasteiger partial charge in [0.05, 0.1) is 16.8 Å². The van der Waals surface area contributed by atoms with Gasteiger partial charge in [-0.05, 0) is 18.2 Å². The molecular formula is C20H13F2N3O3S. The van der Waals surface area contributed by atoms with Gasteiger partial charge < -0.3 is 20.9 Å². The highest BCUT2D eigenvalue weighted by Gasteiger charge is 2.20. The maximum absolute atomic E-state index is 14.6. The second-order valence-corrected chi connectivity index (χ2v) is 6.99. The van der Waals surface area contributed by atoms with E-state index in [4.69, 9.17) is 10.5 Å². The number of ether oxygens (including phenoxy) is 1. The number of aromatic carboxylic acids is 1. The van der Waals surface area contributed by atoms with E-state index in [0.29, 0.717) is 16.0 Å². The van der Waals surface area contributed by atoms with Gasteiger partial charge in [-0.2, -0.15) is 0 Å². The molecule has 0 aliphatic carbocycles. The standard InChI is InChI=1S/C20H13F2N3O3S/c21-12-8-11(28-10-4-2-1-3-5-10)9-13(22)17(12)25-14-6-7-24-19-15(14)16(23)18(29-19)20(26)27/h1-9H,23H2,(H,24,25)(H,26,27). The van der Waals surface area contributed by atoms with Gasteiger partial charge in [0.1, 0.15) is 26.9 Å². The van der Waals surface area contributed by atoms with E-state index in [-0.39, 0.29) is 22.0 Å². The summed E-state index contributed by atoms with van der Waals surface area (Å²) < 4.78 is 34.7. The summed E-state index contributed by atoms with van der Waals surface area (Å²) in [7, 11) is 0. The van der Waals surface area contributed by atoms with Crippen molar-refractivity contribution in [2.24, 2.45) is 0 Å². The van der Waals surface area contributed by atoms with Gasteiger partial charge in [-0.25, -0.2) is 18.6 Å². The smallest absolute Gasteiger partial charge is 0.348 e. The molecule has 0 aliphatic rings. The van der Waals surface area contributed by atoms with Crippen LogP contribution in [0.5, 0.6) is 11.5 Å². The number of nitrogen functional groups attached to an aromatic ring is 1. The Morgan fingerprint density at radius 2 is 1.79 bits per heavy atom. The van der Waals surface area contributed by atoms with Gasteiger partial charge in [-0.3, -0.25) is 0 Å². The van der Waals surface area contributed by atoms with Crippen LogP contribution in [0, 0.1) is 11.6 Å². The lowest BCUT2D eigenvalue weighted by Crippen LogP contribution is -2.01. The lowest BCUT2D eigenvalue weighted by Gasteiger charge is -2.12. The summed E-state index contributed by atoms with van der Waals surface area (Å²) in [4.78, 5) is 15.6. The number of hydrogen-bond acceptors (Lipinski definition) is 6. The summed E-state index contributed by atoms with van der Waals surface area (Å²) in [5, 5.41) is 12.2. The zero-order chi connectivity index (χ0) is 20.5. The molecule has 2 aromatic heterocycles. The Bertz CT molecular complexity index is 1210. The van der Waals surface area contributed by atoms with E-state index in [1.165, 1.54) is 12.3 Å². The number of fused-ring (bicyclic) bond motifs is 1. The first-order chi connectivity index (χ1) is 13.9. The summed E-state index contributed by atoms with van der Waals surface area (Å²) in [5.41, 5.74) is 5.73. The Hall–Kier alpha value is -3.72. The number of carbonyl (C=O) groups is 1. The second kappa shape index (κ2) is 7.36. The molecule has 0 saturated carbocycles. The number of nitrogens with zero attached hydrogens (tertiary/aromatic N) is 1. The van der Waals surface area contributed by atoms with Crippen LogP contribution >= 0.6 is 11.3 Å². The summed E-state index contributed by atoms with van der Waals surface area (Å²) in [6, 6.07) is 12.2. The van der Waals surface area contributed by atoms with Crippen LogP contribution in [0.4, 0.5) is 25.8 Å². The number of pyridine rings is 1. The van der Waals surface area contributed by atoms with Crippen LogP contribution in [0.1, 0.15) is 9.67 Å². The summed E-state index contributed by atoms with van der Waals surface area (Å²) in [5.74, 6) is -2.52. The van der Waals surface area contributed by atoms with Crippen molar-refractivity contribution in [3.05, 3.63) is 71.2 Å². The molecule has 2 heterocycles. The topological polar surface area (TPSA) is 97.5 Å². The third-order valence-corrected chi connectivity index (χ3v) is 5.18. The van der Waals surface area contributed by atoms with Gasteiger partial charge in [-0.1, -0.05) is 18.2 Å². The van der Waals surface area contributed by atoms with Gasteiger partial charge >= 0.3 is 5.97 Å². The zero-order valence-electron chi connectivity index (χ0n) is 14.6. The summed E-state index contributed by atoms with van der Waals surface area (Å²) in [6.07, 6.45) is 1.40. The molecule has 4 aromatic rings. The Labute approximate surface area is 167 Å². The molecule has 4 rings (SSSR count). The monoisotopic (exact) mass is 413 g/mol. The minimum absolute atomic E-state index is 0.000152. The van der Waals surface area contributed by atoms with Crippen molar-refractivity contribution in [3.8, 4) is 11.5 Å². The predicted molar refractivity (Wildman–Crippen MR) is 107 cm³/mol. The van der Waals surface area contributed by atoms with Crippen LogP contribution in [0.15, 0.2) is 54.7 Å². The zero-order valence-corrected chi connectivity index (χ0v) is 15.5. The number of nitrogens with two attached hydrogens (primary N) is 1. The highest BCUT2D eigenvalue weighted by molar-refractivity contribution is 7.21. The molecule has 0 spiro atoms. The first kappa shape index (κ1) is 18.6. The Morgan fingerprint density at radius 1 is 1.10 bits per heavy atom. The van der Waals surface area contributed by atoms with E-state index in [0.717, 1.165) is 23.5 Å². The van der Waals surface area contributed by atoms with Crippen LogP contribution in [0.3, 0.4) is 0 Å². The van der Waals surface area contributed by atoms with Gasteiger partial charge in [0.2, 0.25) is 0 Å². The number of thiophene rings is 1. The summed E-state index contributed by atoms with van der Waals surface area (Å²) in [6.45, 7) is 0. The minimum Gasteiger partial charge on any atom is -0.477 e. The molecule has 0 atom stereocenters. The van der Waals surface area contributed by atoms with E-state index in [9.17, 15) is 18.7 Å². The van der Waals surface area contributed by atoms with E-state index < -0.39 is 23.3 Å². The fraction of sp³-hybridized carbons (Fsp3) is 0. The maximum Gasteiger partial charge on any atom is 0.348 e. The number of hydrogen-bond donors (Lipinski definition) is 3. The molecule has 0 fully saturated rings. The molecule has 0 bridgehead atoms. The van der Waals surface area contributed by atoms with Crippen LogP contribution < -0.4 is 15.8 Å². The van der Waals surface area contributed by atoms with Crippen LogP contribution in [0.2, 0.25) is 0 Å². The molecule has 0 aliphatic heterocycles. The number of halogens is 2. The van der Waals surface area contributed by atoms with E-state index in [2.05, 4.69) is 10.3 Å². The lowest BCUT2D eigenvalue weighted by molar-refractivity contribution is 0.0703. The Kier molecular flexibility index (Phi) is 4.73. The number of anilines is 3. The minimum atomic E-state index is -1.20. The van der Waals surface area contributed by atoms with Crippen molar-refractivity contribution >= 4 is 44.6 Å². The highest BCUT2D eigenvalue weighted by atomic mass is 32.1. The first-order valence-corrected chi connectivity index (χ1v) is 9.15. The van der Waals surface area contributed by atoms with Crippen molar-refractivity contribution in [2.75, 3.05) is 11.1 Å². The molecule has 2 aromatic carbocycles. The average molecular weight is 413 g/mol. The number of rotatable bonds is 5. The van der Waals surface area contributed by atoms with E-state index in [1.807, 2.05) is 0 Å². The molecule has 29 heavy (non-hydrogen) atoms. The van der Waals surface area contributed by atoms with Gasteiger partial charge in [-0.15, -0.1) is 11.3 Å². The number of para-hydroxylation sites is 1. The van der Waals surface area contributed by atoms with Crippen molar-refractivity contribution < 1.29 is 23.4 Å². The van der Waals surface area contributed by atoms with Crippen molar-refractivity contribution in [1.29, 1.82) is 0 Å². The maximum atomic E-state index is 14.6. The molecule has 9 heteroatoms.